The third-order valence-corrected chi connectivity index (χ3v) is 4.41. The first-order valence-corrected chi connectivity index (χ1v) is 8.47. The zero-order valence-corrected chi connectivity index (χ0v) is 15.4. The highest BCUT2D eigenvalue weighted by Crippen LogP contribution is 2.25. The summed E-state index contributed by atoms with van der Waals surface area (Å²) in [6, 6.07) is 4.87. The average Bonchev–Trinajstić information content (AvgIpc) is 2.90. The molecule has 1 aliphatic rings. The molecule has 2 unspecified atom stereocenters. The molecule has 0 saturated carbocycles. The van der Waals surface area contributed by atoms with E-state index in [1.165, 1.54) is 12.1 Å². The van der Waals surface area contributed by atoms with Gasteiger partial charge in [0.2, 0.25) is 5.91 Å². The van der Waals surface area contributed by atoms with E-state index in [2.05, 4.69) is 36.9 Å². The van der Waals surface area contributed by atoms with Crippen LogP contribution in [-0.4, -0.2) is 43.0 Å². The summed E-state index contributed by atoms with van der Waals surface area (Å²) in [7, 11) is 1.88. The van der Waals surface area contributed by atoms with E-state index >= 15 is 0 Å². The van der Waals surface area contributed by atoms with Gasteiger partial charge in [0.1, 0.15) is 5.82 Å². The summed E-state index contributed by atoms with van der Waals surface area (Å²) >= 11 is 5.70. The molecule has 2 atom stereocenters. The topological polar surface area (TPSA) is 56.4 Å². The molecule has 3 N–H and O–H groups in total. The fourth-order valence-corrected chi connectivity index (χ4v) is 2.94. The number of anilines is 1. The molecule has 0 radical (unpaired) electrons. The maximum Gasteiger partial charge on any atom is 0.238 e. The normalized spacial score (nSPS) is 21.3. The molecule has 0 spiro atoms. The van der Waals surface area contributed by atoms with Gasteiger partial charge in [-0.05, 0) is 37.1 Å². The molecule has 1 saturated heterocycles. The van der Waals surface area contributed by atoms with Gasteiger partial charge in [0, 0.05) is 23.7 Å². The first kappa shape index (κ1) is 19.1. The van der Waals surface area contributed by atoms with Crippen LogP contribution in [-0.2, 0) is 4.79 Å². The Morgan fingerprint density at radius 3 is 2.71 bits per heavy atom. The van der Waals surface area contributed by atoms with Gasteiger partial charge in [-0.25, -0.2) is 4.39 Å². The Labute approximate surface area is 147 Å². The van der Waals surface area contributed by atoms with Crippen LogP contribution in [0.15, 0.2) is 18.2 Å². The molecule has 5 nitrogen and oxygen atoms in total. The summed E-state index contributed by atoms with van der Waals surface area (Å²) < 4.78 is 13.7. The molecular weight excluding hydrogens is 331 g/mol. The third-order valence-electron chi connectivity index (χ3n) is 4.18. The molecule has 7 heteroatoms. The van der Waals surface area contributed by atoms with Crippen molar-refractivity contribution in [2.24, 2.45) is 5.41 Å². The van der Waals surface area contributed by atoms with Gasteiger partial charge in [-0.3, -0.25) is 20.5 Å². The average molecular weight is 357 g/mol. The van der Waals surface area contributed by atoms with Crippen LogP contribution in [0, 0.1) is 11.2 Å². The molecule has 1 aliphatic heterocycles. The van der Waals surface area contributed by atoms with Crippen molar-refractivity contribution in [3.05, 3.63) is 29.0 Å². The quantitative estimate of drug-likeness (QED) is 0.759. The summed E-state index contributed by atoms with van der Waals surface area (Å²) in [6.07, 6.45) is 1.00. The van der Waals surface area contributed by atoms with Gasteiger partial charge in [0.15, 0.2) is 0 Å². The Balaban J connectivity index is 1.80. The minimum Gasteiger partial charge on any atom is -0.322 e. The predicted molar refractivity (Wildman–Crippen MR) is 95.5 cm³/mol. The number of nitrogens with zero attached hydrogens (tertiary/aromatic N) is 1. The second kappa shape index (κ2) is 7.78. The van der Waals surface area contributed by atoms with E-state index in [-0.39, 0.29) is 29.6 Å². The van der Waals surface area contributed by atoms with Crippen LogP contribution in [0.25, 0.3) is 0 Å². The number of nitrogens with one attached hydrogen (secondary N) is 3. The molecule has 1 heterocycles. The Kier molecular flexibility index (Phi) is 6.20. The van der Waals surface area contributed by atoms with Crippen LogP contribution in [0.3, 0.4) is 0 Å². The molecule has 2 rings (SSSR count). The van der Waals surface area contributed by atoms with Crippen molar-refractivity contribution in [2.75, 3.05) is 25.5 Å². The Morgan fingerprint density at radius 2 is 2.12 bits per heavy atom. The minimum atomic E-state index is -0.534. The number of carbonyl (C=O) groups excluding carboxylic acids is 1. The second-order valence-corrected chi connectivity index (χ2v) is 7.95. The van der Waals surface area contributed by atoms with Crippen molar-refractivity contribution >= 4 is 23.2 Å². The highest BCUT2D eigenvalue weighted by atomic mass is 35.5. The Bertz CT molecular complexity index is 590. The molecule has 1 aromatic carbocycles. The number of carbonyl (C=O) groups is 1. The van der Waals surface area contributed by atoms with Crippen molar-refractivity contribution in [2.45, 2.75) is 39.3 Å². The first-order valence-electron chi connectivity index (χ1n) is 8.09. The molecular formula is C17H26ClFN4O. The Hall–Kier alpha value is -1.21. The lowest BCUT2D eigenvalue weighted by Crippen LogP contribution is -2.43. The second-order valence-electron chi connectivity index (χ2n) is 7.51. The fraction of sp³-hybridized carbons (Fsp3) is 0.588. The molecule has 0 aromatic heterocycles. The van der Waals surface area contributed by atoms with Gasteiger partial charge in [0.05, 0.1) is 12.2 Å². The van der Waals surface area contributed by atoms with Gasteiger partial charge in [-0.2, -0.15) is 0 Å². The van der Waals surface area contributed by atoms with E-state index in [0.29, 0.717) is 11.1 Å². The van der Waals surface area contributed by atoms with E-state index < -0.39 is 5.82 Å². The van der Waals surface area contributed by atoms with Crippen molar-refractivity contribution in [1.82, 2.24) is 15.8 Å². The number of hydrazine groups is 1. The number of rotatable bonds is 5. The lowest BCUT2D eigenvalue weighted by Gasteiger charge is -2.26. The molecule has 0 aliphatic carbocycles. The first-order chi connectivity index (χ1) is 11.1. The number of halogens is 2. The standard InChI is InChI=1S/C17H26ClFN4O/c1-17(2,3)15-8-12(21-22-15)9-23(4)10-16(24)20-14-6-5-11(18)7-13(14)19/h5-7,12,15,21-22H,8-10H2,1-4H3,(H,20,24). The van der Waals surface area contributed by atoms with E-state index in [4.69, 9.17) is 11.6 Å². The SMILES string of the molecule is CN(CC(=O)Nc1ccc(Cl)cc1F)CC1CC(C(C)(C)C)NN1. The maximum atomic E-state index is 13.7. The van der Waals surface area contributed by atoms with E-state index in [1.54, 1.807) is 6.07 Å². The number of amides is 1. The molecule has 1 amide bonds. The third kappa shape index (κ3) is 5.41. The molecule has 0 bridgehead atoms. The maximum absolute atomic E-state index is 13.7. The van der Waals surface area contributed by atoms with Gasteiger partial charge in [-0.15, -0.1) is 0 Å². The van der Waals surface area contributed by atoms with Crippen molar-refractivity contribution in [3.8, 4) is 0 Å². The number of hydrogen-bond acceptors (Lipinski definition) is 4. The van der Waals surface area contributed by atoms with Crippen LogP contribution in [0.1, 0.15) is 27.2 Å². The lowest BCUT2D eigenvalue weighted by atomic mass is 9.84. The predicted octanol–water partition coefficient (Wildman–Crippen LogP) is 2.63. The number of likely N-dealkylation sites (N-methyl/N-ethyl adjacent to an activating group) is 1. The number of benzene rings is 1. The van der Waals surface area contributed by atoms with Crippen molar-refractivity contribution in [1.29, 1.82) is 0 Å². The minimum absolute atomic E-state index is 0.145. The van der Waals surface area contributed by atoms with Crippen LogP contribution in [0.4, 0.5) is 10.1 Å². The summed E-state index contributed by atoms with van der Waals surface area (Å²) in [5.74, 6) is -0.787. The summed E-state index contributed by atoms with van der Waals surface area (Å²) in [4.78, 5) is 14.0. The highest BCUT2D eigenvalue weighted by molar-refractivity contribution is 6.30. The van der Waals surface area contributed by atoms with Gasteiger partial charge in [0.25, 0.3) is 0 Å². The smallest absolute Gasteiger partial charge is 0.238 e. The van der Waals surface area contributed by atoms with E-state index in [9.17, 15) is 9.18 Å². The summed E-state index contributed by atoms with van der Waals surface area (Å²) in [5.41, 5.74) is 6.93. The molecule has 1 fully saturated rings. The van der Waals surface area contributed by atoms with Gasteiger partial charge in [-0.1, -0.05) is 32.4 Å². The van der Waals surface area contributed by atoms with Crippen LogP contribution >= 0.6 is 11.6 Å². The van der Waals surface area contributed by atoms with Gasteiger partial charge < -0.3 is 5.32 Å². The summed E-state index contributed by atoms with van der Waals surface area (Å²) in [6.45, 7) is 7.53. The van der Waals surface area contributed by atoms with E-state index in [1.807, 2.05) is 11.9 Å². The fourth-order valence-electron chi connectivity index (χ4n) is 2.78. The monoisotopic (exact) mass is 356 g/mol. The number of hydrogen-bond donors (Lipinski definition) is 3. The summed E-state index contributed by atoms with van der Waals surface area (Å²) in [5, 5.41) is 2.88. The van der Waals surface area contributed by atoms with E-state index in [0.717, 1.165) is 13.0 Å². The van der Waals surface area contributed by atoms with Crippen LogP contribution < -0.4 is 16.2 Å². The van der Waals surface area contributed by atoms with Crippen LogP contribution in [0.5, 0.6) is 0 Å². The lowest BCUT2D eigenvalue weighted by molar-refractivity contribution is -0.117. The van der Waals surface area contributed by atoms with Crippen LogP contribution in [0.2, 0.25) is 5.02 Å². The van der Waals surface area contributed by atoms with Crippen molar-refractivity contribution in [3.63, 3.8) is 0 Å². The zero-order chi connectivity index (χ0) is 17.9. The van der Waals surface area contributed by atoms with Crippen molar-refractivity contribution < 1.29 is 9.18 Å². The Morgan fingerprint density at radius 1 is 1.42 bits per heavy atom. The van der Waals surface area contributed by atoms with Gasteiger partial charge >= 0.3 is 0 Å². The molecule has 1 aromatic rings. The highest BCUT2D eigenvalue weighted by Gasteiger charge is 2.32. The molecule has 24 heavy (non-hydrogen) atoms. The molecule has 134 valence electrons. The largest absolute Gasteiger partial charge is 0.322 e. The zero-order valence-electron chi connectivity index (χ0n) is 14.6.